The minimum Gasteiger partial charge on any atom is -0.493 e. The summed E-state index contributed by atoms with van der Waals surface area (Å²) in [6, 6.07) is 31.2. The van der Waals surface area contributed by atoms with E-state index in [0.717, 1.165) is 22.5 Å². The van der Waals surface area contributed by atoms with E-state index in [2.05, 4.69) is 20.8 Å². The van der Waals surface area contributed by atoms with Gasteiger partial charge in [-0.15, -0.1) is 0 Å². The smallest absolute Gasteiger partial charge is 0.262 e. The Morgan fingerprint density at radius 2 is 1.11 bits per heavy atom. The maximum Gasteiger partial charge on any atom is 0.262 e. The molecule has 3 N–H and O–H groups in total. The third-order valence-corrected chi connectivity index (χ3v) is 6.73. The van der Waals surface area contributed by atoms with Crippen LogP contribution in [0.25, 0.3) is 24.3 Å². The van der Waals surface area contributed by atoms with Crippen molar-refractivity contribution < 1.29 is 28.5 Å². The molecule has 2 amide bonds. The van der Waals surface area contributed by atoms with Crippen molar-refractivity contribution in [3.8, 4) is 23.0 Å². The molecule has 4 aromatic carbocycles. The van der Waals surface area contributed by atoms with Crippen molar-refractivity contribution in [3.05, 3.63) is 126 Å². The number of anilines is 2. The molecule has 0 bridgehead atoms. The van der Waals surface area contributed by atoms with Crippen molar-refractivity contribution >= 4 is 47.5 Å². The number of nitrogens with zero attached hydrogens (tertiary/aromatic N) is 1. The van der Waals surface area contributed by atoms with Crippen molar-refractivity contribution in [1.29, 1.82) is 0 Å². The fourth-order valence-electron chi connectivity index (χ4n) is 4.43. The van der Waals surface area contributed by atoms with Crippen LogP contribution in [0.15, 0.2) is 103 Å². The molecule has 47 heavy (non-hydrogen) atoms. The first-order valence-corrected chi connectivity index (χ1v) is 14.7. The van der Waals surface area contributed by atoms with Crippen LogP contribution >= 0.6 is 0 Å². The summed E-state index contributed by atoms with van der Waals surface area (Å²) in [5, 5.41) is 12.9. The van der Waals surface area contributed by atoms with Crippen LogP contribution < -0.4 is 29.6 Å². The zero-order chi connectivity index (χ0) is 32.8. The van der Waals surface area contributed by atoms with E-state index in [-0.39, 0.29) is 25.0 Å². The number of carbonyl (C=O) groups excluding carboxylic acids is 2. The number of hydrogen-bond acceptors (Lipinski definition) is 7. The highest BCUT2D eigenvalue weighted by atomic mass is 16.5. The number of methoxy groups -OCH3 is 2. The second-order valence-corrected chi connectivity index (χ2v) is 10.1. The Balaban J connectivity index is 1.14. The number of ether oxygens (including phenoxy) is 4. The number of rotatable bonds is 14. The molecule has 0 aliphatic carbocycles. The molecule has 0 aliphatic rings. The standard InChI is InChI=1S/C37H34N4O6/c1-44-34-21-26(15-19-32(34)46-24-36(42)38-28-9-5-3-6-10-28)13-17-30-23-31(41-40-30)18-14-27-16-20-33(35(22-27)45-2)47-25-37(43)39-29-11-7-4-8-12-29/h3-23H,24-25H2,1-2H3,(H,38,42)(H,39,43)(H,40,41)/b17-13+,18-14+. The lowest BCUT2D eigenvalue weighted by molar-refractivity contribution is -0.118. The van der Waals surface area contributed by atoms with E-state index < -0.39 is 0 Å². The van der Waals surface area contributed by atoms with Gasteiger partial charge in [0.1, 0.15) is 0 Å². The third kappa shape index (κ3) is 9.60. The molecule has 0 saturated heterocycles. The van der Waals surface area contributed by atoms with Crippen molar-refractivity contribution in [1.82, 2.24) is 10.2 Å². The zero-order valence-corrected chi connectivity index (χ0v) is 25.9. The van der Waals surface area contributed by atoms with Gasteiger partial charge in [0.2, 0.25) is 0 Å². The van der Waals surface area contributed by atoms with E-state index in [1.54, 1.807) is 26.4 Å². The number of benzene rings is 4. The summed E-state index contributed by atoms with van der Waals surface area (Å²) < 4.78 is 22.3. The number of aromatic nitrogens is 2. The summed E-state index contributed by atoms with van der Waals surface area (Å²) in [6.45, 7) is -0.299. The maximum atomic E-state index is 12.3. The lowest BCUT2D eigenvalue weighted by Crippen LogP contribution is -2.20. The predicted molar refractivity (Wildman–Crippen MR) is 184 cm³/mol. The molecule has 0 saturated carbocycles. The molecule has 0 atom stereocenters. The topological polar surface area (TPSA) is 124 Å². The SMILES string of the molecule is COc1cc(/C=C/c2cc(/C=C/c3ccc(OCC(=O)Nc4ccccc4)c(OC)c3)[nH]n2)ccc1OCC(=O)Nc1ccccc1. The average Bonchev–Trinajstić information content (AvgIpc) is 3.57. The third-order valence-electron chi connectivity index (χ3n) is 6.73. The van der Waals surface area contributed by atoms with Gasteiger partial charge in [0.05, 0.1) is 25.6 Å². The second-order valence-electron chi connectivity index (χ2n) is 10.1. The Bertz CT molecular complexity index is 1720. The number of para-hydroxylation sites is 2. The molecule has 5 aromatic rings. The van der Waals surface area contributed by atoms with E-state index in [9.17, 15) is 9.59 Å². The first-order chi connectivity index (χ1) is 23.0. The summed E-state index contributed by atoms with van der Waals surface area (Å²) in [5.41, 5.74) is 4.69. The average molecular weight is 631 g/mol. The van der Waals surface area contributed by atoms with E-state index in [4.69, 9.17) is 18.9 Å². The first-order valence-electron chi connectivity index (χ1n) is 14.7. The highest BCUT2D eigenvalue weighted by Crippen LogP contribution is 2.30. The maximum absolute atomic E-state index is 12.3. The Hall–Kier alpha value is -6.29. The highest BCUT2D eigenvalue weighted by molar-refractivity contribution is 5.92. The van der Waals surface area contributed by atoms with Gasteiger partial charge in [0, 0.05) is 11.4 Å². The zero-order valence-electron chi connectivity index (χ0n) is 25.9. The molecule has 0 radical (unpaired) electrons. The van der Waals surface area contributed by atoms with Crippen LogP contribution in [0.1, 0.15) is 22.5 Å². The minimum absolute atomic E-state index is 0.149. The quantitative estimate of drug-likeness (QED) is 0.123. The minimum atomic E-state index is -0.267. The molecule has 0 spiro atoms. The Morgan fingerprint density at radius 1 is 0.617 bits per heavy atom. The number of amides is 2. The largest absolute Gasteiger partial charge is 0.493 e. The van der Waals surface area contributed by atoms with Crippen LogP contribution in [0, 0.1) is 0 Å². The van der Waals surface area contributed by atoms with E-state index in [1.807, 2.05) is 115 Å². The number of hydrogen-bond donors (Lipinski definition) is 3. The van der Waals surface area contributed by atoms with Crippen LogP contribution in [0.5, 0.6) is 23.0 Å². The lowest BCUT2D eigenvalue weighted by Gasteiger charge is -2.11. The molecule has 5 rings (SSSR count). The second kappa shape index (κ2) is 16.1. The van der Waals surface area contributed by atoms with Gasteiger partial charge < -0.3 is 29.6 Å². The summed E-state index contributed by atoms with van der Waals surface area (Å²) >= 11 is 0. The Kier molecular flexibility index (Phi) is 11.0. The van der Waals surface area contributed by atoms with Crippen LogP contribution in [0.2, 0.25) is 0 Å². The normalized spacial score (nSPS) is 10.9. The summed E-state index contributed by atoms with van der Waals surface area (Å²) in [5.74, 6) is 1.41. The fourth-order valence-corrected chi connectivity index (χ4v) is 4.43. The number of carbonyl (C=O) groups is 2. The van der Waals surface area contributed by atoms with E-state index in [1.165, 1.54) is 0 Å². The molecule has 0 unspecified atom stereocenters. The van der Waals surface area contributed by atoms with Crippen LogP contribution in [-0.4, -0.2) is 49.4 Å². The Labute approximate surface area is 272 Å². The molecule has 10 heteroatoms. The molecule has 0 aliphatic heterocycles. The van der Waals surface area contributed by atoms with Gasteiger partial charge in [-0.05, 0) is 77.9 Å². The number of H-pyrrole nitrogens is 1. The molecular formula is C37H34N4O6. The van der Waals surface area contributed by atoms with Gasteiger partial charge in [0.15, 0.2) is 36.2 Å². The van der Waals surface area contributed by atoms with Gasteiger partial charge >= 0.3 is 0 Å². The summed E-state index contributed by atoms with van der Waals surface area (Å²) in [4.78, 5) is 24.5. The van der Waals surface area contributed by atoms with Crippen LogP contribution in [0.4, 0.5) is 11.4 Å². The molecule has 238 valence electrons. The molecule has 10 nitrogen and oxygen atoms in total. The predicted octanol–water partition coefficient (Wildman–Crippen LogP) is 6.80. The van der Waals surface area contributed by atoms with Crippen molar-refractivity contribution in [3.63, 3.8) is 0 Å². The molecular weight excluding hydrogens is 596 g/mol. The fraction of sp³-hybridized carbons (Fsp3) is 0.108. The van der Waals surface area contributed by atoms with E-state index in [0.29, 0.717) is 34.4 Å². The number of aromatic amines is 1. The molecule has 1 heterocycles. The summed E-state index contributed by atoms with van der Waals surface area (Å²) in [6.07, 6.45) is 7.59. The van der Waals surface area contributed by atoms with Gasteiger partial charge in [-0.1, -0.05) is 60.7 Å². The Morgan fingerprint density at radius 3 is 1.60 bits per heavy atom. The van der Waals surface area contributed by atoms with Crippen molar-refractivity contribution in [2.75, 3.05) is 38.1 Å². The molecule has 0 fully saturated rings. The van der Waals surface area contributed by atoms with E-state index >= 15 is 0 Å². The first kappa shape index (κ1) is 32.1. The van der Waals surface area contributed by atoms with Crippen molar-refractivity contribution in [2.45, 2.75) is 0 Å². The summed E-state index contributed by atoms with van der Waals surface area (Å²) in [7, 11) is 3.10. The monoisotopic (exact) mass is 630 g/mol. The van der Waals surface area contributed by atoms with Crippen LogP contribution in [0.3, 0.4) is 0 Å². The molecule has 1 aromatic heterocycles. The van der Waals surface area contributed by atoms with Gasteiger partial charge in [0.25, 0.3) is 11.8 Å². The number of nitrogens with one attached hydrogen (secondary N) is 3. The van der Waals surface area contributed by atoms with Crippen LogP contribution in [-0.2, 0) is 9.59 Å². The lowest BCUT2D eigenvalue weighted by atomic mass is 10.1. The van der Waals surface area contributed by atoms with Crippen molar-refractivity contribution in [2.24, 2.45) is 0 Å². The van der Waals surface area contributed by atoms with Gasteiger partial charge in [-0.25, -0.2) is 0 Å². The highest BCUT2D eigenvalue weighted by Gasteiger charge is 2.10. The van der Waals surface area contributed by atoms with Gasteiger partial charge in [-0.2, -0.15) is 5.10 Å². The van der Waals surface area contributed by atoms with Gasteiger partial charge in [-0.3, -0.25) is 14.7 Å².